The van der Waals surface area contributed by atoms with Gasteiger partial charge in [0.1, 0.15) is 11.8 Å². The molecular weight excluding hydrogens is 300 g/mol. The van der Waals surface area contributed by atoms with Crippen molar-refractivity contribution < 1.29 is 23.9 Å². The molecule has 1 aromatic rings. The molecule has 0 bridgehead atoms. The highest BCUT2D eigenvalue weighted by Gasteiger charge is 2.22. The Labute approximate surface area is 135 Å². The van der Waals surface area contributed by atoms with Crippen LogP contribution in [0, 0.1) is 0 Å². The van der Waals surface area contributed by atoms with Crippen molar-refractivity contribution >= 4 is 17.8 Å². The van der Waals surface area contributed by atoms with Crippen molar-refractivity contribution in [1.82, 2.24) is 10.6 Å². The first kappa shape index (κ1) is 18.5. The fraction of sp³-hybridized carbons (Fsp3) is 0.438. The number of benzene rings is 1. The lowest BCUT2D eigenvalue weighted by Crippen LogP contribution is -2.42. The number of amides is 2. The van der Waals surface area contributed by atoms with E-state index in [-0.39, 0.29) is 5.91 Å². The quantitative estimate of drug-likeness (QED) is 0.723. The normalized spacial score (nSPS) is 12.7. The lowest BCUT2D eigenvalue weighted by molar-refractivity contribution is -0.157. The van der Waals surface area contributed by atoms with Crippen LogP contribution in [0.4, 0.5) is 0 Å². The molecule has 0 heterocycles. The molecule has 1 rings (SSSR count). The number of carbonyl (C=O) groups excluding carboxylic acids is 3. The van der Waals surface area contributed by atoms with Crippen molar-refractivity contribution in [2.75, 3.05) is 7.11 Å². The lowest BCUT2D eigenvalue weighted by Gasteiger charge is -2.17. The molecule has 0 saturated carbocycles. The molecule has 7 heteroatoms. The smallest absolute Gasteiger partial charge is 0.329 e. The van der Waals surface area contributed by atoms with Crippen LogP contribution in [0.2, 0.25) is 0 Å². The molecule has 1 aromatic carbocycles. The summed E-state index contributed by atoms with van der Waals surface area (Å²) >= 11 is 0. The monoisotopic (exact) mass is 322 g/mol. The van der Waals surface area contributed by atoms with Crippen molar-refractivity contribution in [1.29, 1.82) is 0 Å². The van der Waals surface area contributed by atoms with E-state index in [1.807, 2.05) is 12.1 Å². The van der Waals surface area contributed by atoms with Gasteiger partial charge in [-0.25, -0.2) is 4.79 Å². The molecule has 0 aliphatic carbocycles. The van der Waals surface area contributed by atoms with Gasteiger partial charge in [0.05, 0.1) is 7.11 Å². The van der Waals surface area contributed by atoms with Gasteiger partial charge in [0.2, 0.25) is 5.91 Å². The Morgan fingerprint density at radius 2 is 1.74 bits per heavy atom. The van der Waals surface area contributed by atoms with Gasteiger partial charge in [-0.1, -0.05) is 12.1 Å². The summed E-state index contributed by atoms with van der Waals surface area (Å²) in [5, 5.41) is 5.08. The highest BCUT2D eigenvalue weighted by Crippen LogP contribution is 2.11. The Hall–Kier alpha value is -2.57. The van der Waals surface area contributed by atoms with Crippen molar-refractivity contribution in [3.63, 3.8) is 0 Å². The number of carbonyl (C=O) groups is 3. The van der Waals surface area contributed by atoms with Crippen molar-refractivity contribution in [2.45, 2.75) is 39.5 Å². The highest BCUT2D eigenvalue weighted by molar-refractivity contribution is 5.86. The molecule has 2 N–H and O–H groups in total. The zero-order valence-corrected chi connectivity index (χ0v) is 13.7. The second-order valence-electron chi connectivity index (χ2n) is 5.07. The van der Waals surface area contributed by atoms with Gasteiger partial charge in [0, 0.05) is 13.5 Å². The molecule has 0 aromatic heterocycles. The van der Waals surface area contributed by atoms with Crippen molar-refractivity contribution in [3.8, 4) is 5.75 Å². The van der Waals surface area contributed by atoms with Gasteiger partial charge in [-0.3, -0.25) is 9.59 Å². The summed E-state index contributed by atoms with van der Waals surface area (Å²) in [5.74, 6) is -0.683. The molecule has 2 amide bonds. The number of nitrogens with one attached hydrogen (secondary N) is 2. The predicted molar refractivity (Wildman–Crippen MR) is 83.7 cm³/mol. The average molecular weight is 322 g/mol. The summed E-state index contributed by atoms with van der Waals surface area (Å²) in [5.41, 5.74) is 0.893. The number of rotatable bonds is 7. The topological polar surface area (TPSA) is 93.7 Å². The molecule has 0 unspecified atom stereocenters. The highest BCUT2D eigenvalue weighted by atomic mass is 16.5. The number of ether oxygens (including phenoxy) is 2. The van der Waals surface area contributed by atoms with E-state index in [1.165, 1.54) is 20.8 Å². The minimum absolute atomic E-state index is 0.311. The van der Waals surface area contributed by atoms with Crippen LogP contribution in [0.3, 0.4) is 0 Å². The molecule has 0 saturated heterocycles. The first-order valence-electron chi connectivity index (χ1n) is 7.21. The maximum absolute atomic E-state index is 11.9. The van der Waals surface area contributed by atoms with Gasteiger partial charge in [0.15, 0.2) is 6.10 Å². The summed E-state index contributed by atoms with van der Waals surface area (Å²) in [7, 11) is 1.58. The number of esters is 1. The van der Waals surface area contributed by atoms with Gasteiger partial charge >= 0.3 is 5.97 Å². The fourth-order valence-electron chi connectivity index (χ4n) is 1.77. The number of hydrogen-bond donors (Lipinski definition) is 2. The van der Waals surface area contributed by atoms with Crippen LogP contribution in [-0.2, 0) is 25.7 Å². The molecule has 0 radical (unpaired) electrons. The number of methoxy groups -OCH3 is 1. The van der Waals surface area contributed by atoms with Gasteiger partial charge in [-0.2, -0.15) is 0 Å². The Balaban J connectivity index is 2.43. The zero-order valence-electron chi connectivity index (χ0n) is 13.7. The Kier molecular flexibility index (Phi) is 7.05. The minimum Gasteiger partial charge on any atom is -0.497 e. The Bertz CT molecular complexity index is 556. The maximum atomic E-state index is 11.9. The van der Waals surface area contributed by atoms with Crippen molar-refractivity contribution in [3.05, 3.63) is 29.8 Å². The van der Waals surface area contributed by atoms with E-state index >= 15 is 0 Å². The van der Waals surface area contributed by atoms with Crippen LogP contribution < -0.4 is 15.4 Å². The molecular formula is C16H22N2O5. The Morgan fingerprint density at radius 3 is 2.26 bits per heavy atom. The fourth-order valence-corrected chi connectivity index (χ4v) is 1.77. The summed E-state index contributed by atoms with van der Waals surface area (Å²) in [6, 6.07) is 6.44. The molecule has 0 aliphatic heterocycles. The van der Waals surface area contributed by atoms with E-state index in [9.17, 15) is 14.4 Å². The third-order valence-corrected chi connectivity index (χ3v) is 3.06. The van der Waals surface area contributed by atoms with Gasteiger partial charge < -0.3 is 20.1 Å². The summed E-state index contributed by atoms with van der Waals surface area (Å²) in [6.45, 7) is 4.58. The van der Waals surface area contributed by atoms with Gasteiger partial charge in [-0.05, 0) is 31.5 Å². The standard InChI is InChI=1S/C16H22N2O5/c1-10(18-12(3)19)16(21)23-11(2)15(20)17-9-13-5-7-14(22-4)8-6-13/h5-8,10-11H,9H2,1-4H3,(H,17,20)(H,18,19)/t10-,11-/m0/s1. The third-order valence-electron chi connectivity index (χ3n) is 3.06. The second-order valence-corrected chi connectivity index (χ2v) is 5.07. The largest absolute Gasteiger partial charge is 0.497 e. The average Bonchev–Trinajstić information content (AvgIpc) is 2.52. The first-order valence-corrected chi connectivity index (χ1v) is 7.21. The molecule has 126 valence electrons. The van der Waals surface area contributed by atoms with Gasteiger partial charge in [0.25, 0.3) is 5.91 Å². The van der Waals surface area contributed by atoms with Crippen LogP contribution in [0.15, 0.2) is 24.3 Å². The van der Waals surface area contributed by atoms with E-state index in [0.29, 0.717) is 6.54 Å². The van der Waals surface area contributed by atoms with Crippen LogP contribution >= 0.6 is 0 Å². The maximum Gasteiger partial charge on any atom is 0.329 e. The molecule has 7 nitrogen and oxygen atoms in total. The summed E-state index contributed by atoms with van der Waals surface area (Å²) in [6.07, 6.45) is -0.947. The van der Waals surface area contributed by atoms with E-state index in [1.54, 1.807) is 19.2 Å². The molecule has 23 heavy (non-hydrogen) atoms. The zero-order chi connectivity index (χ0) is 17.4. The summed E-state index contributed by atoms with van der Waals surface area (Å²) in [4.78, 5) is 34.5. The van der Waals surface area contributed by atoms with Crippen molar-refractivity contribution in [2.24, 2.45) is 0 Å². The first-order chi connectivity index (χ1) is 10.8. The lowest BCUT2D eigenvalue weighted by atomic mass is 10.2. The van der Waals surface area contributed by atoms with Crippen LogP contribution in [0.1, 0.15) is 26.3 Å². The van der Waals surface area contributed by atoms with E-state index < -0.39 is 24.0 Å². The van der Waals surface area contributed by atoms with Crippen LogP contribution in [0.5, 0.6) is 5.75 Å². The van der Waals surface area contributed by atoms with E-state index in [4.69, 9.17) is 9.47 Å². The van der Waals surface area contributed by atoms with E-state index in [0.717, 1.165) is 11.3 Å². The van der Waals surface area contributed by atoms with Crippen LogP contribution in [-0.4, -0.2) is 37.0 Å². The predicted octanol–water partition coefficient (Wildman–Crippen LogP) is 0.768. The molecule has 0 fully saturated rings. The summed E-state index contributed by atoms with van der Waals surface area (Å²) < 4.78 is 10.1. The molecule has 0 aliphatic rings. The van der Waals surface area contributed by atoms with E-state index in [2.05, 4.69) is 10.6 Å². The number of hydrogen-bond acceptors (Lipinski definition) is 5. The Morgan fingerprint density at radius 1 is 1.13 bits per heavy atom. The van der Waals surface area contributed by atoms with Gasteiger partial charge in [-0.15, -0.1) is 0 Å². The second kappa shape index (κ2) is 8.77. The van der Waals surface area contributed by atoms with Crippen LogP contribution in [0.25, 0.3) is 0 Å². The molecule has 2 atom stereocenters. The molecule has 0 spiro atoms. The third kappa shape index (κ3) is 6.37. The SMILES string of the molecule is COc1ccc(CNC(=O)[C@H](C)OC(=O)[C@H](C)NC(C)=O)cc1. The minimum atomic E-state index is -0.947.